The van der Waals surface area contributed by atoms with E-state index >= 15 is 0 Å². The van der Waals surface area contributed by atoms with E-state index in [4.69, 9.17) is 11.6 Å². The summed E-state index contributed by atoms with van der Waals surface area (Å²) in [6.07, 6.45) is -0.231. The van der Waals surface area contributed by atoms with Crippen LogP contribution in [0.25, 0.3) is 11.5 Å². The van der Waals surface area contributed by atoms with Crippen LogP contribution in [0, 0.1) is 0 Å². The van der Waals surface area contributed by atoms with Crippen molar-refractivity contribution in [2.24, 2.45) is 0 Å². The fourth-order valence-electron chi connectivity index (χ4n) is 2.57. The first kappa shape index (κ1) is 16.8. The van der Waals surface area contributed by atoms with Crippen molar-refractivity contribution >= 4 is 17.5 Å². The molecule has 1 fully saturated rings. The average Bonchev–Trinajstić information content (AvgIpc) is 3.19. The molecule has 0 saturated heterocycles. The Hall–Kier alpha value is -2.68. The largest absolute Gasteiger partial charge is 0.470 e. The molecular weight excluding hydrogens is 371 g/mol. The highest BCUT2D eigenvalue weighted by atomic mass is 35.5. The van der Waals surface area contributed by atoms with Crippen LogP contribution in [-0.4, -0.2) is 20.2 Å². The van der Waals surface area contributed by atoms with Crippen molar-refractivity contribution in [3.8, 4) is 11.5 Å². The molecule has 0 unspecified atom stereocenters. The summed E-state index contributed by atoms with van der Waals surface area (Å²) in [6.45, 7) is 0. The number of anilines is 1. The van der Waals surface area contributed by atoms with Crippen LogP contribution in [0.1, 0.15) is 24.3 Å². The van der Waals surface area contributed by atoms with Gasteiger partial charge in [0.15, 0.2) is 0 Å². The number of halogens is 4. The zero-order chi connectivity index (χ0) is 18.4. The standard InChI is InChI=1S/C16H11ClF3N5O/c17-11-3-1-2-10(6-11)15(4-5-15)23-14-21-7-9(8-22-14)12-24-25-13(26-12)16(18,19)20/h1-3,6-8H,4-5H2,(H,21,22,23). The smallest absolute Gasteiger partial charge is 0.413 e. The van der Waals surface area contributed by atoms with E-state index in [1.54, 1.807) is 6.07 Å². The van der Waals surface area contributed by atoms with E-state index in [1.165, 1.54) is 12.4 Å². The molecule has 2 heterocycles. The van der Waals surface area contributed by atoms with E-state index in [0.717, 1.165) is 18.4 Å². The van der Waals surface area contributed by atoms with Gasteiger partial charge in [0.05, 0.1) is 11.1 Å². The van der Waals surface area contributed by atoms with Gasteiger partial charge in [-0.05, 0) is 30.5 Å². The van der Waals surface area contributed by atoms with Crippen LogP contribution in [0.3, 0.4) is 0 Å². The lowest BCUT2D eigenvalue weighted by Crippen LogP contribution is -2.20. The first-order chi connectivity index (χ1) is 12.4. The molecule has 0 aliphatic heterocycles. The lowest BCUT2D eigenvalue weighted by Gasteiger charge is -2.18. The number of nitrogens with zero attached hydrogens (tertiary/aromatic N) is 4. The normalized spacial score (nSPS) is 15.7. The Kier molecular flexibility index (Phi) is 3.83. The van der Waals surface area contributed by atoms with E-state index in [-0.39, 0.29) is 17.0 Å². The third-order valence-corrected chi connectivity index (χ3v) is 4.28. The van der Waals surface area contributed by atoms with E-state index in [9.17, 15) is 13.2 Å². The Labute approximate surface area is 150 Å². The van der Waals surface area contributed by atoms with Crippen molar-refractivity contribution in [3.63, 3.8) is 0 Å². The number of hydrogen-bond donors (Lipinski definition) is 1. The molecule has 1 aliphatic rings. The van der Waals surface area contributed by atoms with Gasteiger partial charge in [0, 0.05) is 17.4 Å². The summed E-state index contributed by atoms with van der Waals surface area (Å²) in [5, 5.41) is 10.2. The Morgan fingerprint density at radius 2 is 1.85 bits per heavy atom. The molecule has 0 bridgehead atoms. The Morgan fingerprint density at radius 3 is 2.42 bits per heavy atom. The molecule has 26 heavy (non-hydrogen) atoms. The third kappa shape index (κ3) is 3.22. The summed E-state index contributed by atoms with van der Waals surface area (Å²) in [5.41, 5.74) is 0.955. The Morgan fingerprint density at radius 1 is 1.12 bits per heavy atom. The topological polar surface area (TPSA) is 76.7 Å². The average molecular weight is 382 g/mol. The number of aromatic nitrogens is 4. The van der Waals surface area contributed by atoms with Crippen LogP contribution in [0.15, 0.2) is 41.1 Å². The number of benzene rings is 1. The number of hydrogen-bond acceptors (Lipinski definition) is 6. The summed E-state index contributed by atoms with van der Waals surface area (Å²) in [4.78, 5) is 8.27. The van der Waals surface area contributed by atoms with Gasteiger partial charge in [0.2, 0.25) is 5.95 Å². The fourth-order valence-corrected chi connectivity index (χ4v) is 2.76. The van der Waals surface area contributed by atoms with Crippen LogP contribution >= 0.6 is 11.6 Å². The van der Waals surface area contributed by atoms with Gasteiger partial charge in [-0.15, -0.1) is 10.2 Å². The summed E-state index contributed by atoms with van der Waals surface area (Å²) in [7, 11) is 0. The second kappa shape index (κ2) is 5.94. The highest BCUT2D eigenvalue weighted by molar-refractivity contribution is 6.30. The summed E-state index contributed by atoms with van der Waals surface area (Å²) in [6, 6.07) is 7.52. The maximum absolute atomic E-state index is 12.5. The van der Waals surface area contributed by atoms with Crippen molar-refractivity contribution in [1.82, 2.24) is 20.2 Å². The Bertz CT molecular complexity index is 938. The van der Waals surface area contributed by atoms with Gasteiger partial charge in [0.1, 0.15) is 0 Å². The number of rotatable bonds is 4. The molecule has 1 aliphatic carbocycles. The molecule has 1 N–H and O–H groups in total. The highest BCUT2D eigenvalue weighted by Crippen LogP contribution is 2.48. The summed E-state index contributed by atoms with van der Waals surface area (Å²) < 4.78 is 42.2. The zero-order valence-electron chi connectivity index (χ0n) is 13.1. The minimum atomic E-state index is -4.69. The SMILES string of the molecule is FC(F)(F)c1nnc(-c2cnc(NC3(c4cccc(Cl)c4)CC3)nc2)o1. The van der Waals surface area contributed by atoms with Gasteiger partial charge in [-0.3, -0.25) is 0 Å². The number of alkyl halides is 3. The lowest BCUT2D eigenvalue weighted by atomic mass is 10.1. The van der Waals surface area contributed by atoms with Crippen LogP contribution in [0.2, 0.25) is 5.02 Å². The predicted molar refractivity (Wildman–Crippen MR) is 86.3 cm³/mol. The fraction of sp³-hybridized carbons (Fsp3) is 0.250. The van der Waals surface area contributed by atoms with Crippen molar-refractivity contribution in [3.05, 3.63) is 53.1 Å². The maximum Gasteiger partial charge on any atom is 0.470 e. The van der Waals surface area contributed by atoms with Crippen molar-refractivity contribution in [2.75, 3.05) is 5.32 Å². The van der Waals surface area contributed by atoms with Gasteiger partial charge in [-0.1, -0.05) is 23.7 Å². The highest BCUT2D eigenvalue weighted by Gasteiger charge is 2.45. The first-order valence-electron chi connectivity index (χ1n) is 7.63. The molecular formula is C16H11ClF3N5O. The molecule has 0 radical (unpaired) electrons. The van der Waals surface area contributed by atoms with Gasteiger partial charge >= 0.3 is 12.1 Å². The van der Waals surface area contributed by atoms with Crippen molar-refractivity contribution < 1.29 is 17.6 Å². The molecule has 134 valence electrons. The molecule has 6 nitrogen and oxygen atoms in total. The summed E-state index contributed by atoms with van der Waals surface area (Å²) >= 11 is 6.04. The van der Waals surface area contributed by atoms with E-state index in [1.807, 2.05) is 18.2 Å². The maximum atomic E-state index is 12.5. The predicted octanol–water partition coefficient (Wildman–Crippen LogP) is 4.30. The second-order valence-electron chi connectivity index (χ2n) is 5.92. The molecule has 0 spiro atoms. The zero-order valence-corrected chi connectivity index (χ0v) is 13.8. The molecule has 4 rings (SSSR count). The van der Waals surface area contributed by atoms with Gasteiger partial charge in [-0.25, -0.2) is 9.97 Å². The number of nitrogens with one attached hydrogen (secondary N) is 1. The van der Waals surface area contributed by atoms with Crippen LogP contribution in [0.5, 0.6) is 0 Å². The van der Waals surface area contributed by atoms with Gasteiger partial charge in [-0.2, -0.15) is 13.2 Å². The quantitative estimate of drug-likeness (QED) is 0.726. The molecule has 3 aromatic rings. The minimum Gasteiger partial charge on any atom is -0.413 e. The van der Waals surface area contributed by atoms with Crippen LogP contribution < -0.4 is 5.32 Å². The molecule has 1 saturated carbocycles. The second-order valence-corrected chi connectivity index (χ2v) is 6.36. The van der Waals surface area contributed by atoms with Crippen molar-refractivity contribution in [1.29, 1.82) is 0 Å². The molecule has 0 atom stereocenters. The first-order valence-corrected chi connectivity index (χ1v) is 8.01. The molecule has 2 aromatic heterocycles. The monoisotopic (exact) mass is 381 g/mol. The molecule has 0 amide bonds. The van der Waals surface area contributed by atoms with E-state index < -0.39 is 12.1 Å². The van der Waals surface area contributed by atoms with E-state index in [2.05, 4.69) is 29.9 Å². The third-order valence-electron chi connectivity index (χ3n) is 4.04. The van der Waals surface area contributed by atoms with Crippen molar-refractivity contribution in [2.45, 2.75) is 24.6 Å². The molecule has 1 aromatic carbocycles. The summed E-state index contributed by atoms with van der Waals surface area (Å²) in [5.74, 6) is -1.35. The Balaban J connectivity index is 1.53. The van der Waals surface area contributed by atoms with Gasteiger partial charge < -0.3 is 9.73 Å². The van der Waals surface area contributed by atoms with Gasteiger partial charge in [0.25, 0.3) is 5.89 Å². The van der Waals surface area contributed by atoms with E-state index in [0.29, 0.717) is 11.0 Å². The minimum absolute atomic E-state index is 0.200. The van der Waals surface area contributed by atoms with Crippen LogP contribution in [0.4, 0.5) is 19.1 Å². The molecule has 10 heteroatoms. The van der Waals surface area contributed by atoms with Crippen LogP contribution in [-0.2, 0) is 11.7 Å². The lowest BCUT2D eigenvalue weighted by molar-refractivity contribution is -0.156.